The quantitative estimate of drug-likeness (QED) is 0.523. The predicted molar refractivity (Wildman–Crippen MR) is 43.7 cm³/mol. The smallest absolute Gasteiger partial charge is 0.143 e. The fourth-order valence-electron chi connectivity index (χ4n) is 0.845. The Morgan fingerprint density at radius 3 is 2.67 bits per heavy atom. The van der Waals surface area contributed by atoms with Crippen molar-refractivity contribution in [2.45, 2.75) is 6.61 Å². The molecule has 0 aliphatic rings. The van der Waals surface area contributed by atoms with Crippen LogP contribution in [-0.4, -0.2) is 10.1 Å². The number of nitrogen functional groups attached to an aromatic ring is 2. The van der Waals surface area contributed by atoms with Gasteiger partial charge >= 0.3 is 0 Å². The number of aliphatic hydroxyl groups is 1. The summed E-state index contributed by atoms with van der Waals surface area (Å²) in [6.07, 6.45) is 0. The van der Waals surface area contributed by atoms with Gasteiger partial charge in [0.05, 0.1) is 18.0 Å². The van der Waals surface area contributed by atoms with Gasteiger partial charge < -0.3 is 16.6 Å². The van der Waals surface area contributed by atoms with E-state index in [0.29, 0.717) is 5.69 Å². The Morgan fingerprint density at radius 2 is 2.25 bits per heavy atom. The first kappa shape index (κ1) is 8.30. The highest BCUT2D eigenvalue weighted by Gasteiger charge is 2.06. The molecule has 62 valence electrons. The van der Waals surface area contributed by atoms with Gasteiger partial charge in [-0.05, 0) is 6.07 Å². The van der Waals surface area contributed by atoms with Crippen molar-refractivity contribution >= 4 is 11.5 Å². The monoisotopic (exact) mass is 164 g/mol. The zero-order valence-electron chi connectivity index (χ0n) is 6.28. The van der Waals surface area contributed by atoms with E-state index in [1.165, 1.54) is 6.07 Å². The number of aromatic nitrogens is 1. The van der Waals surface area contributed by atoms with Crippen LogP contribution in [0, 0.1) is 11.3 Å². The SMILES string of the molecule is N#Cc1c(N)cc(CO)nc1N. The first-order chi connectivity index (χ1) is 5.69. The van der Waals surface area contributed by atoms with E-state index in [9.17, 15) is 0 Å². The third-order valence-corrected chi connectivity index (χ3v) is 1.40. The van der Waals surface area contributed by atoms with Crippen LogP contribution in [0.25, 0.3) is 0 Å². The van der Waals surface area contributed by atoms with Crippen LogP contribution in [-0.2, 0) is 6.61 Å². The summed E-state index contributed by atoms with van der Waals surface area (Å²) < 4.78 is 0. The van der Waals surface area contributed by atoms with Crippen LogP contribution in [0.15, 0.2) is 6.07 Å². The van der Waals surface area contributed by atoms with Gasteiger partial charge in [-0.1, -0.05) is 0 Å². The van der Waals surface area contributed by atoms with E-state index < -0.39 is 0 Å². The highest BCUT2D eigenvalue weighted by atomic mass is 16.3. The number of anilines is 2. The Hall–Kier alpha value is -1.80. The molecule has 0 radical (unpaired) electrons. The minimum absolute atomic E-state index is 0.0570. The second-order valence-corrected chi connectivity index (χ2v) is 2.23. The molecule has 1 aromatic heterocycles. The predicted octanol–water partition coefficient (Wildman–Crippen LogP) is -0.390. The van der Waals surface area contributed by atoms with E-state index in [4.69, 9.17) is 21.8 Å². The van der Waals surface area contributed by atoms with Crippen molar-refractivity contribution in [3.05, 3.63) is 17.3 Å². The zero-order chi connectivity index (χ0) is 9.14. The van der Waals surface area contributed by atoms with Gasteiger partial charge in [0.25, 0.3) is 0 Å². The van der Waals surface area contributed by atoms with Crippen LogP contribution in [0.2, 0.25) is 0 Å². The molecule has 1 heterocycles. The second kappa shape index (κ2) is 3.07. The summed E-state index contributed by atoms with van der Waals surface area (Å²) >= 11 is 0. The maximum Gasteiger partial charge on any atom is 0.143 e. The van der Waals surface area contributed by atoms with Crippen molar-refractivity contribution in [3.8, 4) is 6.07 Å². The average molecular weight is 164 g/mol. The topological polar surface area (TPSA) is 109 Å². The first-order valence-electron chi connectivity index (χ1n) is 3.25. The number of nitrogens with zero attached hydrogens (tertiary/aromatic N) is 2. The summed E-state index contributed by atoms with van der Waals surface area (Å²) in [7, 11) is 0. The minimum Gasteiger partial charge on any atom is -0.397 e. The third-order valence-electron chi connectivity index (χ3n) is 1.40. The van der Waals surface area contributed by atoms with E-state index in [1.54, 1.807) is 0 Å². The molecule has 0 aromatic carbocycles. The van der Waals surface area contributed by atoms with Crippen molar-refractivity contribution in [1.29, 1.82) is 5.26 Å². The van der Waals surface area contributed by atoms with Crippen molar-refractivity contribution < 1.29 is 5.11 Å². The van der Waals surface area contributed by atoms with Crippen LogP contribution in [0.4, 0.5) is 11.5 Å². The Morgan fingerprint density at radius 1 is 1.58 bits per heavy atom. The molecule has 5 N–H and O–H groups in total. The Balaban J connectivity index is 3.30. The molecule has 12 heavy (non-hydrogen) atoms. The van der Waals surface area contributed by atoms with Gasteiger partial charge in [-0.2, -0.15) is 5.26 Å². The molecule has 0 saturated heterocycles. The van der Waals surface area contributed by atoms with Crippen LogP contribution in [0.3, 0.4) is 0 Å². The maximum atomic E-state index is 8.69. The third kappa shape index (κ3) is 1.28. The number of aliphatic hydroxyl groups excluding tert-OH is 1. The van der Waals surface area contributed by atoms with Gasteiger partial charge in [0.2, 0.25) is 0 Å². The van der Waals surface area contributed by atoms with E-state index in [0.717, 1.165) is 0 Å². The summed E-state index contributed by atoms with van der Waals surface area (Å²) in [6, 6.07) is 3.25. The standard InChI is InChI=1S/C7H8N4O/c8-2-5-6(9)1-4(3-12)11-7(5)10/h1,12H,3H2,(H4,9,10,11). The van der Waals surface area contributed by atoms with Crippen molar-refractivity contribution in [2.75, 3.05) is 11.5 Å². The fraction of sp³-hybridized carbons (Fsp3) is 0.143. The van der Waals surface area contributed by atoms with Gasteiger partial charge in [0.1, 0.15) is 17.5 Å². The molecule has 0 aliphatic carbocycles. The molecular weight excluding hydrogens is 156 g/mol. The van der Waals surface area contributed by atoms with Crippen LogP contribution in [0.5, 0.6) is 0 Å². The summed E-state index contributed by atoms with van der Waals surface area (Å²) in [6.45, 7) is -0.236. The van der Waals surface area contributed by atoms with Crippen LogP contribution in [0.1, 0.15) is 11.3 Å². The van der Waals surface area contributed by atoms with Crippen LogP contribution < -0.4 is 11.5 Å². The molecule has 0 unspecified atom stereocenters. The molecule has 0 saturated carbocycles. The van der Waals surface area contributed by atoms with E-state index in [1.807, 2.05) is 6.07 Å². The molecule has 0 amide bonds. The number of pyridine rings is 1. The van der Waals surface area contributed by atoms with Crippen LogP contribution >= 0.6 is 0 Å². The lowest BCUT2D eigenvalue weighted by atomic mass is 10.2. The number of hydrogen-bond donors (Lipinski definition) is 3. The molecule has 0 fully saturated rings. The first-order valence-corrected chi connectivity index (χ1v) is 3.25. The maximum absolute atomic E-state index is 8.69. The van der Waals surface area contributed by atoms with Gasteiger partial charge in [-0.25, -0.2) is 4.98 Å². The van der Waals surface area contributed by atoms with Gasteiger partial charge in [0.15, 0.2) is 0 Å². The highest BCUT2D eigenvalue weighted by Crippen LogP contribution is 2.17. The van der Waals surface area contributed by atoms with E-state index in [-0.39, 0.29) is 23.7 Å². The molecule has 0 spiro atoms. The van der Waals surface area contributed by atoms with Gasteiger partial charge in [0, 0.05) is 0 Å². The van der Waals surface area contributed by atoms with E-state index >= 15 is 0 Å². The Bertz CT molecular complexity index is 319. The lowest BCUT2D eigenvalue weighted by Crippen LogP contribution is -2.03. The number of rotatable bonds is 1. The molecular formula is C7H8N4O. The second-order valence-electron chi connectivity index (χ2n) is 2.23. The molecule has 1 aromatic rings. The lowest BCUT2D eigenvalue weighted by molar-refractivity contribution is 0.277. The molecule has 0 bridgehead atoms. The summed E-state index contributed by atoms with van der Waals surface area (Å²) in [5.41, 5.74) is 11.6. The summed E-state index contributed by atoms with van der Waals surface area (Å²) in [4.78, 5) is 3.75. The fourth-order valence-corrected chi connectivity index (χ4v) is 0.845. The average Bonchev–Trinajstić information content (AvgIpc) is 2.03. The molecule has 5 heteroatoms. The Labute approximate surface area is 69.2 Å². The number of hydrogen-bond acceptors (Lipinski definition) is 5. The van der Waals surface area contributed by atoms with Crippen molar-refractivity contribution in [2.24, 2.45) is 0 Å². The van der Waals surface area contributed by atoms with Crippen molar-refractivity contribution in [1.82, 2.24) is 4.98 Å². The zero-order valence-corrected chi connectivity index (χ0v) is 6.28. The molecule has 0 atom stereocenters. The number of nitrogens with two attached hydrogens (primary N) is 2. The molecule has 5 nitrogen and oxygen atoms in total. The minimum atomic E-state index is -0.236. The van der Waals surface area contributed by atoms with E-state index in [2.05, 4.69) is 4.98 Å². The van der Waals surface area contributed by atoms with Crippen molar-refractivity contribution in [3.63, 3.8) is 0 Å². The Kier molecular flexibility index (Phi) is 2.12. The summed E-state index contributed by atoms with van der Waals surface area (Å²) in [5.74, 6) is 0.0570. The molecule has 1 rings (SSSR count). The molecule has 0 aliphatic heterocycles. The largest absolute Gasteiger partial charge is 0.397 e. The number of nitriles is 1. The normalized spacial score (nSPS) is 9.33. The highest BCUT2D eigenvalue weighted by molar-refractivity contribution is 5.64. The summed E-state index contributed by atoms with van der Waals surface area (Å²) in [5, 5.41) is 17.2. The van der Waals surface area contributed by atoms with Gasteiger partial charge in [-0.15, -0.1) is 0 Å². The lowest BCUT2D eigenvalue weighted by Gasteiger charge is -2.02. The van der Waals surface area contributed by atoms with Gasteiger partial charge in [-0.3, -0.25) is 0 Å².